The SMILES string of the molecule is COc1ccnc(NNS(=O)(=O)CCC2CCCCC2)n1. The molecule has 1 heterocycles. The summed E-state index contributed by atoms with van der Waals surface area (Å²) in [4.78, 5) is 10.2. The van der Waals surface area contributed by atoms with Crippen LogP contribution in [0.1, 0.15) is 38.5 Å². The van der Waals surface area contributed by atoms with Gasteiger partial charge in [0, 0.05) is 12.3 Å². The van der Waals surface area contributed by atoms with E-state index in [0.29, 0.717) is 18.2 Å². The van der Waals surface area contributed by atoms with Crippen molar-refractivity contribution in [3.05, 3.63) is 12.3 Å². The van der Waals surface area contributed by atoms with Crippen molar-refractivity contribution in [2.45, 2.75) is 38.5 Å². The molecule has 118 valence electrons. The fourth-order valence-corrected chi connectivity index (χ4v) is 3.48. The average molecular weight is 314 g/mol. The Hall–Kier alpha value is -1.41. The molecule has 0 aromatic carbocycles. The van der Waals surface area contributed by atoms with Gasteiger partial charge in [-0.15, -0.1) is 4.83 Å². The van der Waals surface area contributed by atoms with Crippen LogP contribution in [0, 0.1) is 5.92 Å². The van der Waals surface area contributed by atoms with E-state index in [0.717, 1.165) is 12.8 Å². The monoisotopic (exact) mass is 314 g/mol. The largest absolute Gasteiger partial charge is 0.481 e. The average Bonchev–Trinajstić information content (AvgIpc) is 2.52. The summed E-state index contributed by atoms with van der Waals surface area (Å²) in [6.45, 7) is 0. The molecule has 1 aliphatic rings. The van der Waals surface area contributed by atoms with Crippen LogP contribution in [0.15, 0.2) is 12.3 Å². The van der Waals surface area contributed by atoms with Gasteiger partial charge in [-0.05, 0) is 12.3 Å². The number of methoxy groups -OCH3 is 1. The van der Waals surface area contributed by atoms with Crippen molar-refractivity contribution in [3.63, 3.8) is 0 Å². The van der Waals surface area contributed by atoms with Crippen molar-refractivity contribution in [2.24, 2.45) is 5.92 Å². The summed E-state index contributed by atoms with van der Waals surface area (Å²) in [6.07, 6.45) is 8.18. The van der Waals surface area contributed by atoms with Crippen LogP contribution < -0.4 is 15.0 Å². The molecule has 0 atom stereocenters. The summed E-state index contributed by atoms with van der Waals surface area (Å²) >= 11 is 0. The topological polar surface area (TPSA) is 93.2 Å². The summed E-state index contributed by atoms with van der Waals surface area (Å²) in [5, 5.41) is 0. The van der Waals surface area contributed by atoms with Gasteiger partial charge in [-0.25, -0.2) is 13.4 Å². The number of aromatic nitrogens is 2. The first-order valence-corrected chi connectivity index (χ1v) is 8.87. The summed E-state index contributed by atoms with van der Waals surface area (Å²) in [5.74, 6) is 1.18. The molecule has 0 amide bonds. The van der Waals surface area contributed by atoms with E-state index in [1.165, 1.54) is 32.6 Å². The summed E-state index contributed by atoms with van der Waals surface area (Å²) in [5.41, 5.74) is 2.51. The maximum absolute atomic E-state index is 11.9. The molecule has 0 radical (unpaired) electrons. The summed E-state index contributed by atoms with van der Waals surface area (Å²) < 4.78 is 28.8. The first-order valence-electron chi connectivity index (χ1n) is 7.21. The Bertz CT molecular complexity index is 544. The quantitative estimate of drug-likeness (QED) is 0.744. The van der Waals surface area contributed by atoms with Crippen LogP contribution in [0.2, 0.25) is 0 Å². The van der Waals surface area contributed by atoms with Crippen molar-refractivity contribution in [1.29, 1.82) is 0 Å². The third-order valence-corrected chi connectivity index (χ3v) is 4.86. The molecular formula is C13H22N4O3S. The number of sulfonamides is 1. The Kier molecular flexibility index (Phi) is 5.75. The number of nitrogens with zero attached hydrogens (tertiary/aromatic N) is 2. The van der Waals surface area contributed by atoms with E-state index in [4.69, 9.17) is 4.74 Å². The Balaban J connectivity index is 1.80. The van der Waals surface area contributed by atoms with E-state index in [1.54, 1.807) is 6.07 Å². The molecule has 1 aliphatic carbocycles. The van der Waals surface area contributed by atoms with Crippen molar-refractivity contribution in [3.8, 4) is 5.88 Å². The zero-order chi connectivity index (χ0) is 15.1. The predicted octanol–water partition coefficient (Wildman–Crippen LogP) is 1.70. The van der Waals surface area contributed by atoms with Crippen LogP contribution in [0.5, 0.6) is 5.88 Å². The molecule has 1 saturated carbocycles. The minimum absolute atomic E-state index is 0.120. The highest BCUT2D eigenvalue weighted by Crippen LogP contribution is 2.26. The second kappa shape index (κ2) is 7.56. The highest BCUT2D eigenvalue weighted by molar-refractivity contribution is 7.89. The summed E-state index contributed by atoms with van der Waals surface area (Å²) in [6, 6.07) is 1.59. The Morgan fingerprint density at radius 2 is 2.10 bits per heavy atom. The van der Waals surface area contributed by atoms with Crippen LogP contribution in [0.3, 0.4) is 0 Å². The minimum Gasteiger partial charge on any atom is -0.481 e. The van der Waals surface area contributed by atoms with Crippen LogP contribution in [0.4, 0.5) is 5.95 Å². The van der Waals surface area contributed by atoms with Crippen LogP contribution >= 0.6 is 0 Å². The Labute approximate surface area is 125 Å². The smallest absolute Gasteiger partial charge is 0.241 e. The van der Waals surface area contributed by atoms with Gasteiger partial charge in [0.1, 0.15) is 0 Å². The maximum Gasteiger partial charge on any atom is 0.241 e. The summed E-state index contributed by atoms with van der Waals surface area (Å²) in [7, 11) is -1.89. The lowest BCUT2D eigenvalue weighted by Crippen LogP contribution is -2.33. The van der Waals surface area contributed by atoms with Gasteiger partial charge >= 0.3 is 0 Å². The van der Waals surface area contributed by atoms with Crippen LogP contribution in [0.25, 0.3) is 0 Å². The molecule has 2 N–H and O–H groups in total. The van der Waals surface area contributed by atoms with Gasteiger partial charge in [0.25, 0.3) is 0 Å². The van der Waals surface area contributed by atoms with E-state index in [2.05, 4.69) is 20.2 Å². The highest BCUT2D eigenvalue weighted by atomic mass is 32.2. The third-order valence-electron chi connectivity index (χ3n) is 3.68. The molecule has 1 aromatic rings. The molecule has 0 unspecified atom stereocenters. The minimum atomic E-state index is -3.38. The molecule has 2 rings (SSSR count). The number of hydrogen-bond donors (Lipinski definition) is 2. The Morgan fingerprint density at radius 3 is 2.81 bits per heavy atom. The zero-order valence-electron chi connectivity index (χ0n) is 12.2. The number of nitrogens with one attached hydrogen (secondary N) is 2. The number of hydrazine groups is 1. The lowest BCUT2D eigenvalue weighted by atomic mass is 9.88. The van der Waals surface area contributed by atoms with Gasteiger partial charge in [-0.2, -0.15) is 4.98 Å². The second-order valence-corrected chi connectivity index (χ2v) is 7.10. The zero-order valence-corrected chi connectivity index (χ0v) is 13.0. The molecule has 0 bridgehead atoms. The molecule has 0 aliphatic heterocycles. The fourth-order valence-electron chi connectivity index (χ4n) is 2.49. The predicted molar refractivity (Wildman–Crippen MR) is 80.3 cm³/mol. The molecule has 1 aromatic heterocycles. The normalized spacial score (nSPS) is 16.6. The van der Waals surface area contributed by atoms with Gasteiger partial charge in [-0.3, -0.25) is 5.43 Å². The van der Waals surface area contributed by atoms with Gasteiger partial charge in [0.15, 0.2) is 0 Å². The van der Waals surface area contributed by atoms with Gasteiger partial charge in [-0.1, -0.05) is 32.1 Å². The molecular weight excluding hydrogens is 292 g/mol. The van der Waals surface area contributed by atoms with Gasteiger partial charge in [0.2, 0.25) is 21.9 Å². The Morgan fingerprint density at radius 1 is 1.33 bits per heavy atom. The van der Waals surface area contributed by atoms with Gasteiger partial charge in [0.05, 0.1) is 12.9 Å². The van der Waals surface area contributed by atoms with Crippen molar-refractivity contribution < 1.29 is 13.2 Å². The third kappa shape index (κ3) is 5.47. The number of hydrogen-bond acceptors (Lipinski definition) is 6. The molecule has 0 saturated heterocycles. The van der Waals surface area contributed by atoms with E-state index >= 15 is 0 Å². The lowest BCUT2D eigenvalue weighted by Gasteiger charge is -2.21. The van der Waals surface area contributed by atoms with E-state index in [9.17, 15) is 8.42 Å². The highest BCUT2D eigenvalue weighted by Gasteiger charge is 2.18. The van der Waals surface area contributed by atoms with Gasteiger partial charge < -0.3 is 4.74 Å². The standard InChI is InChI=1S/C13H22N4O3S/c1-20-12-7-9-14-13(15-12)16-17-21(18,19)10-8-11-5-3-2-4-6-11/h7,9,11,17H,2-6,8,10H2,1H3,(H,14,15,16). The van der Waals surface area contributed by atoms with Crippen LogP contribution in [-0.4, -0.2) is 31.2 Å². The molecule has 0 spiro atoms. The molecule has 7 nitrogen and oxygen atoms in total. The van der Waals surface area contributed by atoms with Crippen LogP contribution in [-0.2, 0) is 10.0 Å². The van der Waals surface area contributed by atoms with E-state index in [-0.39, 0.29) is 11.7 Å². The molecule has 8 heteroatoms. The first-order chi connectivity index (χ1) is 10.1. The second-order valence-electron chi connectivity index (χ2n) is 5.26. The van der Waals surface area contributed by atoms with E-state index in [1.807, 2.05) is 0 Å². The number of ether oxygens (including phenoxy) is 1. The fraction of sp³-hybridized carbons (Fsp3) is 0.692. The number of anilines is 1. The van der Waals surface area contributed by atoms with E-state index < -0.39 is 10.0 Å². The molecule has 21 heavy (non-hydrogen) atoms. The molecule has 1 fully saturated rings. The van der Waals surface area contributed by atoms with Crippen molar-refractivity contribution in [1.82, 2.24) is 14.8 Å². The number of rotatable bonds is 7. The van der Waals surface area contributed by atoms with Crippen molar-refractivity contribution >= 4 is 16.0 Å². The first kappa shape index (κ1) is 16.0. The maximum atomic E-state index is 11.9. The lowest BCUT2D eigenvalue weighted by molar-refractivity contribution is 0.349. The van der Waals surface area contributed by atoms with Crippen molar-refractivity contribution in [2.75, 3.05) is 18.3 Å².